The lowest BCUT2D eigenvalue weighted by atomic mass is 9.97. The molecule has 4 atom stereocenters. The number of aromatic amines is 1. The average molecular weight is 571 g/mol. The molecule has 0 saturated carbocycles. The van der Waals surface area contributed by atoms with Crippen LogP contribution in [0.15, 0.2) is 113 Å². The number of rotatable bonds is 8. The molecule has 1 saturated heterocycles. The van der Waals surface area contributed by atoms with E-state index in [9.17, 15) is 24.0 Å². The maximum atomic E-state index is 13.3. The van der Waals surface area contributed by atoms with Gasteiger partial charge in [0.05, 0.1) is 16.7 Å². The second-order valence-electron chi connectivity index (χ2n) is 9.71. The fraction of sp³-hybridized carbons (Fsp3) is 0.194. The van der Waals surface area contributed by atoms with Crippen molar-refractivity contribution in [3.63, 3.8) is 0 Å². The van der Waals surface area contributed by atoms with E-state index in [0.717, 1.165) is 10.6 Å². The second kappa shape index (κ2) is 12.1. The van der Waals surface area contributed by atoms with Gasteiger partial charge >= 0.3 is 23.6 Å². The smallest absolute Gasteiger partial charge is 0.338 e. The maximum Gasteiger partial charge on any atom is 0.338 e. The summed E-state index contributed by atoms with van der Waals surface area (Å²) in [5, 5.41) is 0. The molecule has 11 nitrogen and oxygen atoms in total. The zero-order chi connectivity index (χ0) is 29.7. The summed E-state index contributed by atoms with van der Waals surface area (Å²) in [5.74, 6) is -2.21. The van der Waals surface area contributed by atoms with Crippen LogP contribution in [-0.2, 0) is 18.9 Å². The molecule has 0 bridgehead atoms. The molecule has 42 heavy (non-hydrogen) atoms. The van der Waals surface area contributed by atoms with Gasteiger partial charge < -0.3 is 18.9 Å². The van der Waals surface area contributed by atoms with E-state index in [1.54, 1.807) is 78.9 Å². The fourth-order valence-corrected chi connectivity index (χ4v) is 4.57. The van der Waals surface area contributed by atoms with Crippen LogP contribution in [0.3, 0.4) is 0 Å². The molecule has 1 aliphatic rings. The van der Waals surface area contributed by atoms with Gasteiger partial charge in [-0.15, -0.1) is 0 Å². The highest BCUT2D eigenvalue weighted by Gasteiger charge is 2.58. The van der Waals surface area contributed by atoms with Gasteiger partial charge in [-0.3, -0.25) is 14.3 Å². The molecule has 1 N–H and O–H groups in total. The number of hydrogen-bond acceptors (Lipinski definition) is 9. The molecule has 2 heterocycles. The molecular weight excluding hydrogens is 544 g/mol. The summed E-state index contributed by atoms with van der Waals surface area (Å²) in [4.78, 5) is 66.1. The summed E-state index contributed by atoms with van der Waals surface area (Å²) in [6, 6.07) is 25.5. The molecule has 0 spiro atoms. The third-order valence-electron chi connectivity index (χ3n) is 6.69. The Bertz CT molecular complexity index is 1690. The van der Waals surface area contributed by atoms with Crippen molar-refractivity contribution in [2.24, 2.45) is 0 Å². The molecule has 214 valence electrons. The van der Waals surface area contributed by atoms with Gasteiger partial charge in [-0.25, -0.2) is 19.2 Å². The minimum Gasteiger partial charge on any atom is -0.459 e. The summed E-state index contributed by atoms with van der Waals surface area (Å²) in [5.41, 5.74) is -2.44. The summed E-state index contributed by atoms with van der Waals surface area (Å²) in [7, 11) is 0. The number of benzene rings is 3. The van der Waals surface area contributed by atoms with Gasteiger partial charge in [-0.1, -0.05) is 54.6 Å². The Kier molecular flexibility index (Phi) is 8.12. The standard InChI is InChI=1S/C31H26N2O9/c1-31(19-39-27(35)20-11-5-2-6-12-20)25(41-29(37)22-15-9-4-10-16-22)24(40-28(36)21-13-7-3-8-14-21)26(42-31)33-18-17-23(34)32-30(33)38/h2-18,24-26H,19H2,1H3,(H,32,34,38)/t24-,25?,26+,31+/m0/s1. The average Bonchev–Trinajstić information content (AvgIpc) is 3.27. The van der Waals surface area contributed by atoms with Gasteiger partial charge in [0.15, 0.2) is 18.4 Å². The van der Waals surface area contributed by atoms with Gasteiger partial charge in [0.2, 0.25) is 0 Å². The van der Waals surface area contributed by atoms with E-state index >= 15 is 0 Å². The van der Waals surface area contributed by atoms with Gasteiger partial charge in [0.1, 0.15) is 12.2 Å². The highest BCUT2D eigenvalue weighted by Crippen LogP contribution is 2.41. The van der Waals surface area contributed by atoms with E-state index in [-0.39, 0.29) is 16.7 Å². The Hall–Kier alpha value is -5.29. The third kappa shape index (κ3) is 6.06. The third-order valence-corrected chi connectivity index (χ3v) is 6.69. The number of nitrogens with zero attached hydrogens (tertiary/aromatic N) is 1. The first kappa shape index (κ1) is 28.2. The number of ether oxygens (including phenoxy) is 4. The predicted octanol–water partition coefficient (Wildman–Crippen LogP) is 3.13. The van der Waals surface area contributed by atoms with Crippen molar-refractivity contribution in [2.75, 3.05) is 6.61 Å². The minimum absolute atomic E-state index is 0.197. The van der Waals surface area contributed by atoms with Crippen LogP contribution in [0.5, 0.6) is 0 Å². The first-order valence-corrected chi connectivity index (χ1v) is 13.0. The summed E-state index contributed by atoms with van der Waals surface area (Å²) < 4.78 is 24.6. The number of esters is 3. The van der Waals surface area contributed by atoms with Crippen LogP contribution in [-0.4, -0.2) is 51.9 Å². The van der Waals surface area contributed by atoms with E-state index in [0.29, 0.717) is 0 Å². The van der Waals surface area contributed by atoms with Crippen molar-refractivity contribution in [3.8, 4) is 0 Å². The molecule has 1 aliphatic heterocycles. The number of carbonyl (C=O) groups excluding carboxylic acids is 3. The van der Waals surface area contributed by atoms with Crippen molar-refractivity contribution in [3.05, 3.63) is 141 Å². The van der Waals surface area contributed by atoms with Crippen LogP contribution in [0.25, 0.3) is 0 Å². The SMILES string of the molecule is C[C@]1(COC(=O)c2ccccc2)O[C@@H](n2ccc(=O)[nH]c2=O)[C@@H](OC(=O)c2ccccc2)C1OC(=O)c1ccccc1. The molecule has 3 aromatic carbocycles. The summed E-state index contributed by atoms with van der Waals surface area (Å²) >= 11 is 0. The lowest BCUT2D eigenvalue weighted by molar-refractivity contribution is -0.122. The predicted molar refractivity (Wildman–Crippen MR) is 148 cm³/mol. The molecule has 1 aromatic heterocycles. The number of H-pyrrole nitrogens is 1. The number of aromatic nitrogens is 2. The number of carbonyl (C=O) groups is 3. The highest BCUT2D eigenvalue weighted by molar-refractivity contribution is 5.91. The highest BCUT2D eigenvalue weighted by atomic mass is 16.7. The van der Waals surface area contributed by atoms with Crippen LogP contribution >= 0.6 is 0 Å². The normalized spacial score (nSPS) is 21.3. The zero-order valence-corrected chi connectivity index (χ0v) is 22.4. The first-order chi connectivity index (χ1) is 20.2. The van der Waals surface area contributed by atoms with Crippen molar-refractivity contribution in [1.29, 1.82) is 0 Å². The van der Waals surface area contributed by atoms with Crippen LogP contribution < -0.4 is 11.2 Å². The number of nitrogens with one attached hydrogen (secondary N) is 1. The van der Waals surface area contributed by atoms with Gasteiger partial charge in [0, 0.05) is 12.3 Å². The van der Waals surface area contributed by atoms with Crippen molar-refractivity contribution < 1.29 is 33.3 Å². The molecule has 0 radical (unpaired) electrons. The monoisotopic (exact) mass is 570 g/mol. The first-order valence-electron chi connectivity index (χ1n) is 13.0. The van der Waals surface area contributed by atoms with Gasteiger partial charge in [0.25, 0.3) is 5.56 Å². The van der Waals surface area contributed by atoms with E-state index < -0.39 is 59.8 Å². The van der Waals surface area contributed by atoms with E-state index in [1.807, 2.05) is 0 Å². The molecule has 5 rings (SSSR count). The molecule has 4 aromatic rings. The Morgan fingerprint density at radius 1 is 0.762 bits per heavy atom. The fourth-order valence-electron chi connectivity index (χ4n) is 4.57. The molecule has 11 heteroatoms. The number of hydrogen-bond donors (Lipinski definition) is 1. The van der Waals surface area contributed by atoms with Crippen LogP contribution in [0.4, 0.5) is 0 Å². The summed E-state index contributed by atoms with van der Waals surface area (Å²) in [6.07, 6.45) is -2.98. The van der Waals surface area contributed by atoms with Crippen molar-refractivity contribution >= 4 is 17.9 Å². The summed E-state index contributed by atoms with van der Waals surface area (Å²) in [6.45, 7) is 1.07. The van der Waals surface area contributed by atoms with Gasteiger partial charge in [-0.05, 0) is 43.3 Å². The Morgan fingerprint density at radius 3 is 1.79 bits per heavy atom. The molecule has 0 amide bonds. The lowest BCUT2D eigenvalue weighted by Gasteiger charge is -2.30. The molecular formula is C31H26N2O9. The largest absolute Gasteiger partial charge is 0.459 e. The second-order valence-corrected chi connectivity index (χ2v) is 9.71. The van der Waals surface area contributed by atoms with Gasteiger partial charge in [-0.2, -0.15) is 0 Å². The van der Waals surface area contributed by atoms with Crippen LogP contribution in [0.1, 0.15) is 44.2 Å². The van der Waals surface area contributed by atoms with Crippen molar-refractivity contribution in [1.82, 2.24) is 9.55 Å². The molecule has 1 unspecified atom stereocenters. The Labute approximate surface area is 239 Å². The Balaban J connectivity index is 1.54. The van der Waals surface area contributed by atoms with E-state index in [1.165, 1.54) is 25.3 Å². The Morgan fingerprint density at radius 2 is 1.26 bits per heavy atom. The minimum atomic E-state index is -1.61. The zero-order valence-electron chi connectivity index (χ0n) is 22.4. The lowest BCUT2D eigenvalue weighted by Crippen LogP contribution is -2.49. The molecule has 0 aliphatic carbocycles. The maximum absolute atomic E-state index is 13.3. The quantitative estimate of drug-likeness (QED) is 0.250. The topological polar surface area (TPSA) is 143 Å². The van der Waals surface area contributed by atoms with Crippen LogP contribution in [0.2, 0.25) is 0 Å². The van der Waals surface area contributed by atoms with Crippen molar-refractivity contribution in [2.45, 2.75) is 31.0 Å². The molecule has 1 fully saturated rings. The van der Waals surface area contributed by atoms with Crippen LogP contribution in [0, 0.1) is 0 Å². The van der Waals surface area contributed by atoms with E-state index in [2.05, 4.69) is 4.98 Å². The van der Waals surface area contributed by atoms with E-state index in [4.69, 9.17) is 18.9 Å².